The van der Waals surface area contributed by atoms with Crippen molar-refractivity contribution in [3.63, 3.8) is 0 Å². The zero-order chi connectivity index (χ0) is 21.5. The van der Waals surface area contributed by atoms with Crippen molar-refractivity contribution in [1.82, 2.24) is 20.1 Å². The Kier molecular flexibility index (Phi) is 7.52. The maximum Gasteiger partial charge on any atom is 0.233 e. The van der Waals surface area contributed by atoms with Crippen LogP contribution in [0.3, 0.4) is 0 Å². The summed E-state index contributed by atoms with van der Waals surface area (Å²) in [7, 11) is 3.55. The number of nitrogens with one attached hydrogen (secondary N) is 1. The molecule has 1 aromatic heterocycles. The van der Waals surface area contributed by atoms with Crippen molar-refractivity contribution in [2.24, 2.45) is 7.05 Å². The second kappa shape index (κ2) is 10.3. The highest BCUT2D eigenvalue weighted by Gasteiger charge is 2.20. The second-order valence-electron chi connectivity index (χ2n) is 7.11. The number of benzene rings is 2. The first-order valence-corrected chi connectivity index (χ1v) is 10.9. The number of rotatable bonds is 9. The number of carbonyl (C=O) groups excluding carboxylic acids is 1. The minimum Gasteiger partial charge on any atom is -0.497 e. The molecule has 30 heavy (non-hydrogen) atoms. The largest absolute Gasteiger partial charge is 0.497 e. The van der Waals surface area contributed by atoms with Crippen LogP contribution in [0.25, 0.3) is 11.4 Å². The van der Waals surface area contributed by atoms with Gasteiger partial charge in [-0.3, -0.25) is 4.79 Å². The van der Waals surface area contributed by atoms with Crippen LogP contribution >= 0.6 is 11.8 Å². The molecule has 6 nitrogen and oxygen atoms in total. The monoisotopic (exact) mass is 424 g/mol. The van der Waals surface area contributed by atoms with Crippen molar-refractivity contribution in [3.05, 3.63) is 60.2 Å². The lowest BCUT2D eigenvalue weighted by molar-refractivity contribution is -0.120. The SMILES string of the molecule is CC[C@@H](CNC(=O)[C@@H](C)Sc1nnc(-c2ccc(OC)cc2)n1C)c1ccccc1. The number of hydrogen-bond acceptors (Lipinski definition) is 5. The summed E-state index contributed by atoms with van der Waals surface area (Å²) >= 11 is 1.41. The van der Waals surface area contributed by atoms with Gasteiger partial charge in [0, 0.05) is 25.1 Å². The fraction of sp³-hybridized carbons (Fsp3) is 0.348. The first-order valence-electron chi connectivity index (χ1n) is 10.1. The molecule has 2 atom stereocenters. The van der Waals surface area contributed by atoms with Gasteiger partial charge in [0.1, 0.15) is 5.75 Å². The molecule has 3 rings (SSSR count). The van der Waals surface area contributed by atoms with Crippen LogP contribution in [0.15, 0.2) is 59.8 Å². The Morgan fingerprint density at radius 3 is 2.47 bits per heavy atom. The molecule has 1 heterocycles. The number of methoxy groups -OCH3 is 1. The van der Waals surface area contributed by atoms with Crippen molar-refractivity contribution < 1.29 is 9.53 Å². The van der Waals surface area contributed by atoms with E-state index in [1.165, 1.54) is 17.3 Å². The molecule has 0 saturated carbocycles. The molecule has 1 amide bonds. The molecule has 0 unspecified atom stereocenters. The maximum atomic E-state index is 12.7. The third-order valence-electron chi connectivity index (χ3n) is 5.12. The third kappa shape index (κ3) is 5.21. The first-order chi connectivity index (χ1) is 14.5. The quantitative estimate of drug-likeness (QED) is 0.519. The van der Waals surface area contributed by atoms with Crippen molar-refractivity contribution in [2.75, 3.05) is 13.7 Å². The molecule has 0 fully saturated rings. The van der Waals surface area contributed by atoms with Gasteiger partial charge in [0.05, 0.1) is 12.4 Å². The van der Waals surface area contributed by atoms with Gasteiger partial charge in [-0.15, -0.1) is 10.2 Å². The van der Waals surface area contributed by atoms with Gasteiger partial charge in [-0.05, 0) is 43.2 Å². The van der Waals surface area contributed by atoms with E-state index in [4.69, 9.17) is 4.74 Å². The molecule has 0 aliphatic heterocycles. The molecule has 2 aromatic carbocycles. The standard InChI is InChI=1S/C23H28N4O2S/c1-5-17(18-9-7-6-8-10-18)15-24-22(28)16(2)30-23-26-25-21(27(23)3)19-11-13-20(29-4)14-12-19/h6-14,16-17H,5,15H2,1-4H3,(H,24,28)/t16-,17+/m1/s1. The fourth-order valence-corrected chi connectivity index (χ4v) is 4.05. The van der Waals surface area contributed by atoms with E-state index < -0.39 is 0 Å². The van der Waals surface area contributed by atoms with Crippen LogP contribution in [-0.4, -0.2) is 39.6 Å². The number of nitrogens with zero attached hydrogens (tertiary/aromatic N) is 3. The number of ether oxygens (including phenoxy) is 1. The van der Waals surface area contributed by atoms with E-state index in [9.17, 15) is 4.79 Å². The summed E-state index contributed by atoms with van der Waals surface area (Å²) in [5.41, 5.74) is 2.20. The molecule has 0 spiro atoms. The lowest BCUT2D eigenvalue weighted by atomic mass is 9.96. The Morgan fingerprint density at radius 2 is 1.83 bits per heavy atom. The van der Waals surface area contributed by atoms with Crippen LogP contribution < -0.4 is 10.1 Å². The summed E-state index contributed by atoms with van der Waals surface area (Å²) in [5.74, 6) is 1.86. The molecular formula is C23H28N4O2S. The van der Waals surface area contributed by atoms with E-state index in [1.54, 1.807) is 7.11 Å². The average Bonchev–Trinajstić information content (AvgIpc) is 3.14. The van der Waals surface area contributed by atoms with Crippen LogP contribution in [0.2, 0.25) is 0 Å². The Labute approximate surface area is 182 Å². The number of carbonyl (C=O) groups is 1. The lowest BCUT2D eigenvalue weighted by Crippen LogP contribution is -2.34. The van der Waals surface area contributed by atoms with Crippen molar-refractivity contribution in [1.29, 1.82) is 0 Å². The highest BCUT2D eigenvalue weighted by Crippen LogP contribution is 2.27. The predicted octanol–water partition coefficient (Wildman–Crippen LogP) is 4.28. The Morgan fingerprint density at radius 1 is 1.13 bits per heavy atom. The van der Waals surface area contributed by atoms with Gasteiger partial charge in [-0.2, -0.15) is 0 Å². The molecule has 7 heteroatoms. The Hall–Kier alpha value is -2.80. The molecule has 0 aliphatic rings. The molecule has 0 saturated heterocycles. The normalized spacial score (nSPS) is 12.9. The Balaban J connectivity index is 1.60. The van der Waals surface area contributed by atoms with E-state index in [-0.39, 0.29) is 11.2 Å². The Bertz CT molecular complexity index is 957. The third-order valence-corrected chi connectivity index (χ3v) is 6.25. The van der Waals surface area contributed by atoms with Crippen LogP contribution in [0.5, 0.6) is 5.75 Å². The van der Waals surface area contributed by atoms with Crippen LogP contribution in [0.4, 0.5) is 0 Å². The number of aromatic nitrogens is 3. The topological polar surface area (TPSA) is 69.0 Å². The molecule has 158 valence electrons. The van der Waals surface area contributed by atoms with Crippen LogP contribution in [0.1, 0.15) is 31.7 Å². The highest BCUT2D eigenvalue weighted by atomic mass is 32.2. The summed E-state index contributed by atoms with van der Waals surface area (Å²) < 4.78 is 7.12. The molecule has 0 radical (unpaired) electrons. The molecule has 1 N–H and O–H groups in total. The summed E-state index contributed by atoms with van der Waals surface area (Å²) in [6.07, 6.45) is 0.973. The minimum atomic E-state index is -0.273. The summed E-state index contributed by atoms with van der Waals surface area (Å²) in [5, 5.41) is 12.1. The zero-order valence-electron chi connectivity index (χ0n) is 17.8. The zero-order valence-corrected chi connectivity index (χ0v) is 18.6. The van der Waals surface area contributed by atoms with Gasteiger partial charge >= 0.3 is 0 Å². The van der Waals surface area contributed by atoms with E-state index in [0.29, 0.717) is 17.6 Å². The van der Waals surface area contributed by atoms with Gasteiger partial charge in [0.25, 0.3) is 0 Å². The average molecular weight is 425 g/mol. The molecule has 3 aromatic rings. The highest BCUT2D eigenvalue weighted by molar-refractivity contribution is 8.00. The second-order valence-corrected chi connectivity index (χ2v) is 8.42. The van der Waals surface area contributed by atoms with Crippen molar-refractivity contribution in [2.45, 2.75) is 36.6 Å². The summed E-state index contributed by atoms with van der Waals surface area (Å²) in [6, 6.07) is 18.0. The van der Waals surface area contributed by atoms with Gasteiger partial charge in [-0.1, -0.05) is 49.0 Å². The summed E-state index contributed by atoms with van der Waals surface area (Å²) in [4.78, 5) is 12.7. The fourth-order valence-electron chi connectivity index (χ4n) is 3.21. The van der Waals surface area contributed by atoms with Gasteiger partial charge < -0.3 is 14.6 Å². The van der Waals surface area contributed by atoms with Crippen LogP contribution in [0, 0.1) is 0 Å². The summed E-state index contributed by atoms with van der Waals surface area (Å²) in [6.45, 7) is 4.66. The number of hydrogen-bond donors (Lipinski definition) is 1. The van der Waals surface area contributed by atoms with Crippen molar-refractivity contribution >= 4 is 17.7 Å². The van der Waals surface area contributed by atoms with Gasteiger partial charge in [0.2, 0.25) is 5.91 Å². The van der Waals surface area contributed by atoms with E-state index in [2.05, 4.69) is 34.6 Å². The van der Waals surface area contributed by atoms with Crippen LogP contribution in [-0.2, 0) is 11.8 Å². The van der Waals surface area contributed by atoms with E-state index >= 15 is 0 Å². The number of thioether (sulfide) groups is 1. The van der Waals surface area contributed by atoms with Gasteiger partial charge in [-0.25, -0.2) is 0 Å². The number of amides is 1. The minimum absolute atomic E-state index is 0.00313. The van der Waals surface area contributed by atoms with Gasteiger partial charge in [0.15, 0.2) is 11.0 Å². The molecular weight excluding hydrogens is 396 g/mol. The predicted molar refractivity (Wildman–Crippen MR) is 121 cm³/mol. The first kappa shape index (κ1) is 21.9. The molecule has 0 aliphatic carbocycles. The molecule has 0 bridgehead atoms. The smallest absolute Gasteiger partial charge is 0.233 e. The van der Waals surface area contributed by atoms with E-state index in [1.807, 2.05) is 61.0 Å². The van der Waals surface area contributed by atoms with Crippen molar-refractivity contribution in [3.8, 4) is 17.1 Å². The lowest BCUT2D eigenvalue weighted by Gasteiger charge is -2.18. The van der Waals surface area contributed by atoms with E-state index in [0.717, 1.165) is 23.6 Å². The maximum absolute atomic E-state index is 12.7.